The van der Waals surface area contributed by atoms with Gasteiger partial charge in [-0.1, -0.05) is 124 Å². The molecule has 2 aliphatic rings. The molecule has 0 fully saturated rings. The van der Waals surface area contributed by atoms with Gasteiger partial charge in [0.2, 0.25) is 0 Å². The predicted octanol–water partition coefficient (Wildman–Crippen LogP) is 11.9. The maximum absolute atomic E-state index is 3.36. The minimum atomic E-state index is 0. The minimum absolute atomic E-state index is 0. The molecule has 0 nitrogen and oxygen atoms in total. The van der Waals surface area contributed by atoms with Crippen molar-refractivity contribution in [3.8, 4) is 44.5 Å². The minimum Gasteiger partial charge on any atom is -0.103 e. The molecule has 0 unspecified atom stereocenters. The summed E-state index contributed by atoms with van der Waals surface area (Å²) in [6.07, 6.45) is 1.75. The highest BCUT2D eigenvalue weighted by molar-refractivity contribution is 6.39. The summed E-state index contributed by atoms with van der Waals surface area (Å²) in [7, 11) is 0. The highest BCUT2D eigenvalue weighted by atomic mass is 14.3. The zero-order valence-corrected chi connectivity index (χ0v) is 21.5. The Morgan fingerprint density at radius 2 is 0.632 bits per heavy atom. The van der Waals surface area contributed by atoms with Crippen LogP contribution in [-0.4, -0.2) is 0 Å². The number of allylic oxidation sites excluding steroid dienone is 1. The van der Waals surface area contributed by atoms with Gasteiger partial charge in [-0.05, 0) is 94.5 Å². The first-order valence-electron chi connectivity index (χ1n) is 13.3. The maximum atomic E-state index is 3.36. The standard InChI is InChI=1S/C32H16.C3H6.C2H6.CH4/c1-2-6-18-17(5-1)21-9-13-25-27-15-11-23-19-7-3-4-8-20(19)24-12-16-28(32(27)30(23)24)26-14-10-22(18)29(21)31(25)26;1-3-2;1-2;/h1-16H;3H,1H2,2H3;1-2H3;1H4. The van der Waals surface area contributed by atoms with E-state index in [2.05, 4.69) is 104 Å². The molecule has 0 N–H and O–H groups in total. The fraction of sp³-hybridized carbons (Fsp3) is 0.105. The maximum Gasteiger partial charge on any atom is -0.00139 e. The molecule has 0 saturated carbocycles. The van der Waals surface area contributed by atoms with Crippen molar-refractivity contribution in [2.45, 2.75) is 28.2 Å². The van der Waals surface area contributed by atoms with Crippen molar-refractivity contribution < 1.29 is 0 Å². The lowest BCUT2D eigenvalue weighted by atomic mass is 9.86. The summed E-state index contributed by atoms with van der Waals surface area (Å²) in [5.41, 5.74) is 11.0. The van der Waals surface area contributed by atoms with E-state index in [0.717, 1.165) is 0 Å². The lowest BCUT2D eigenvalue weighted by Gasteiger charge is -2.16. The summed E-state index contributed by atoms with van der Waals surface area (Å²) < 4.78 is 0. The molecule has 0 bridgehead atoms. The van der Waals surface area contributed by atoms with E-state index in [0.29, 0.717) is 0 Å². The lowest BCUT2D eigenvalue weighted by molar-refractivity contribution is 1.50. The Kier molecular flexibility index (Phi) is 5.58. The van der Waals surface area contributed by atoms with Crippen LogP contribution in [0.4, 0.5) is 0 Å². The molecule has 7 aromatic carbocycles. The molecule has 184 valence electrons. The van der Waals surface area contributed by atoms with Gasteiger partial charge in [-0.25, -0.2) is 0 Å². The van der Waals surface area contributed by atoms with Crippen LogP contribution in [0.3, 0.4) is 0 Å². The first-order valence-corrected chi connectivity index (χ1v) is 13.3. The average Bonchev–Trinajstić information content (AvgIpc) is 3.47. The summed E-state index contributed by atoms with van der Waals surface area (Å²) in [6.45, 7) is 9.25. The second-order valence-electron chi connectivity index (χ2n) is 9.64. The van der Waals surface area contributed by atoms with Crippen molar-refractivity contribution >= 4 is 43.1 Å². The summed E-state index contributed by atoms with van der Waals surface area (Å²) in [6, 6.07) is 36.5. The highest BCUT2D eigenvalue weighted by Gasteiger charge is 2.27. The average molecular weight is 489 g/mol. The summed E-state index contributed by atoms with van der Waals surface area (Å²) in [5, 5.41) is 11.2. The summed E-state index contributed by atoms with van der Waals surface area (Å²) >= 11 is 0. The molecule has 0 amide bonds. The Labute approximate surface area is 225 Å². The van der Waals surface area contributed by atoms with Gasteiger partial charge < -0.3 is 0 Å². The smallest absolute Gasteiger partial charge is 0.00139 e. The van der Waals surface area contributed by atoms with Crippen LogP contribution < -0.4 is 0 Å². The normalized spacial score (nSPS) is 11.4. The van der Waals surface area contributed by atoms with E-state index >= 15 is 0 Å². The molecule has 7 aromatic rings. The molecule has 0 aliphatic heterocycles. The van der Waals surface area contributed by atoms with Gasteiger partial charge in [0.05, 0.1) is 0 Å². The Hall–Kier alpha value is -4.42. The van der Waals surface area contributed by atoms with Gasteiger partial charge in [0.1, 0.15) is 0 Å². The molecule has 0 heteroatoms. The van der Waals surface area contributed by atoms with Crippen molar-refractivity contribution in [3.63, 3.8) is 0 Å². The van der Waals surface area contributed by atoms with Crippen molar-refractivity contribution in [3.05, 3.63) is 110 Å². The van der Waals surface area contributed by atoms with E-state index in [1.54, 1.807) is 6.08 Å². The zero-order chi connectivity index (χ0) is 25.3. The van der Waals surface area contributed by atoms with Gasteiger partial charge in [-0.3, -0.25) is 0 Å². The van der Waals surface area contributed by atoms with Crippen molar-refractivity contribution in [2.24, 2.45) is 0 Å². The largest absolute Gasteiger partial charge is 0.103 e. The van der Waals surface area contributed by atoms with Gasteiger partial charge >= 0.3 is 0 Å². The third-order valence-electron chi connectivity index (χ3n) is 7.92. The molecule has 0 atom stereocenters. The molecule has 0 saturated heterocycles. The van der Waals surface area contributed by atoms with E-state index in [1.165, 1.54) is 87.6 Å². The predicted molar refractivity (Wildman–Crippen MR) is 170 cm³/mol. The van der Waals surface area contributed by atoms with Crippen LogP contribution in [0, 0.1) is 0 Å². The van der Waals surface area contributed by atoms with Gasteiger partial charge in [-0.15, -0.1) is 6.58 Å². The number of hydrogen-bond acceptors (Lipinski definition) is 0. The van der Waals surface area contributed by atoms with Crippen LogP contribution in [0.1, 0.15) is 28.2 Å². The fourth-order valence-corrected chi connectivity index (χ4v) is 6.69. The molecule has 2 aliphatic carbocycles. The number of fused-ring (bicyclic) bond motifs is 8. The van der Waals surface area contributed by atoms with Gasteiger partial charge in [-0.2, -0.15) is 0 Å². The van der Waals surface area contributed by atoms with Crippen LogP contribution >= 0.6 is 0 Å². The number of benzene rings is 7. The van der Waals surface area contributed by atoms with E-state index in [9.17, 15) is 0 Å². The van der Waals surface area contributed by atoms with Crippen LogP contribution in [0.15, 0.2) is 110 Å². The van der Waals surface area contributed by atoms with E-state index in [4.69, 9.17) is 0 Å². The fourth-order valence-electron chi connectivity index (χ4n) is 6.69. The van der Waals surface area contributed by atoms with Crippen LogP contribution in [0.2, 0.25) is 0 Å². The van der Waals surface area contributed by atoms with Crippen molar-refractivity contribution in [1.29, 1.82) is 0 Å². The van der Waals surface area contributed by atoms with Crippen molar-refractivity contribution in [1.82, 2.24) is 0 Å². The molecule has 38 heavy (non-hydrogen) atoms. The van der Waals surface area contributed by atoms with Crippen molar-refractivity contribution in [2.75, 3.05) is 0 Å². The lowest BCUT2D eigenvalue weighted by Crippen LogP contribution is -1.88. The topological polar surface area (TPSA) is 0 Å². The highest BCUT2D eigenvalue weighted by Crippen LogP contribution is 2.55. The molecule has 0 spiro atoms. The van der Waals surface area contributed by atoms with Crippen LogP contribution in [0.5, 0.6) is 0 Å². The zero-order valence-electron chi connectivity index (χ0n) is 21.5. The first-order chi connectivity index (χ1) is 18.3. The molecular weight excluding hydrogens is 456 g/mol. The van der Waals surface area contributed by atoms with E-state index in [1.807, 2.05) is 20.8 Å². The van der Waals surface area contributed by atoms with Gasteiger partial charge in [0, 0.05) is 0 Å². The Bertz CT molecular complexity index is 1740. The molecule has 9 rings (SSSR count). The molecule has 0 aromatic heterocycles. The Balaban J connectivity index is 0.000000415. The molecule has 0 heterocycles. The SMILES string of the molecule is C.C=CC.CC.c1ccc2c(c1)-c1ccc3c4ccc5c6c(ccc(c7ccc-2c1c37)c64)-c1ccccc1-5. The number of hydrogen-bond donors (Lipinski definition) is 0. The van der Waals surface area contributed by atoms with E-state index in [-0.39, 0.29) is 7.43 Å². The number of rotatable bonds is 0. The Morgan fingerprint density at radius 3 is 0.868 bits per heavy atom. The second kappa shape index (κ2) is 8.85. The molecule has 0 radical (unpaired) electrons. The Morgan fingerprint density at radius 1 is 0.395 bits per heavy atom. The third kappa shape index (κ3) is 2.86. The summed E-state index contributed by atoms with van der Waals surface area (Å²) in [5.74, 6) is 0. The van der Waals surface area contributed by atoms with E-state index < -0.39 is 0 Å². The first kappa shape index (κ1) is 23.9. The van der Waals surface area contributed by atoms with Gasteiger partial charge in [0.15, 0.2) is 0 Å². The quantitative estimate of drug-likeness (QED) is 0.113. The van der Waals surface area contributed by atoms with Crippen LogP contribution in [0.25, 0.3) is 87.6 Å². The summed E-state index contributed by atoms with van der Waals surface area (Å²) in [4.78, 5) is 0. The third-order valence-corrected chi connectivity index (χ3v) is 7.92. The second-order valence-corrected chi connectivity index (χ2v) is 9.64. The monoisotopic (exact) mass is 488 g/mol. The van der Waals surface area contributed by atoms with Gasteiger partial charge in [0.25, 0.3) is 0 Å². The molecular formula is C38H32. The van der Waals surface area contributed by atoms with Crippen LogP contribution in [-0.2, 0) is 0 Å².